The average molecular weight is 621 g/mol. The standard InChI is InChI=1S/C30H35Cl2N3O5S/c1-6-27(29(37)33-30(2,3)4)34(19-21-9-7-12-25(17-21)40-5)28(36)20-35(24-11-8-10-23(32)18-24)41(38,39)26-15-13-22(31)14-16-26/h7-18,27H,6,19-20H2,1-5H3,(H,33,37). The van der Waals surface area contributed by atoms with E-state index in [1.54, 1.807) is 43.3 Å². The van der Waals surface area contributed by atoms with Crippen LogP contribution in [0.1, 0.15) is 39.7 Å². The number of ether oxygens (including phenoxy) is 1. The monoisotopic (exact) mass is 619 g/mol. The van der Waals surface area contributed by atoms with Gasteiger partial charge in [0.05, 0.1) is 17.7 Å². The summed E-state index contributed by atoms with van der Waals surface area (Å²) in [6.45, 7) is 6.84. The number of benzene rings is 3. The van der Waals surface area contributed by atoms with Crippen molar-refractivity contribution in [2.24, 2.45) is 0 Å². The molecule has 8 nitrogen and oxygen atoms in total. The van der Waals surface area contributed by atoms with Crippen molar-refractivity contribution in [3.05, 3.63) is 88.4 Å². The summed E-state index contributed by atoms with van der Waals surface area (Å²) in [5, 5.41) is 3.62. The van der Waals surface area contributed by atoms with E-state index in [1.165, 1.54) is 42.3 Å². The number of halogens is 2. The molecule has 0 radical (unpaired) electrons. The van der Waals surface area contributed by atoms with Crippen LogP contribution in [0.2, 0.25) is 10.0 Å². The van der Waals surface area contributed by atoms with E-state index in [9.17, 15) is 18.0 Å². The van der Waals surface area contributed by atoms with E-state index < -0.39 is 34.1 Å². The van der Waals surface area contributed by atoms with E-state index in [0.29, 0.717) is 22.2 Å². The molecule has 0 bridgehead atoms. The van der Waals surface area contributed by atoms with Crippen molar-refractivity contribution in [1.29, 1.82) is 0 Å². The van der Waals surface area contributed by atoms with Gasteiger partial charge in [-0.25, -0.2) is 8.42 Å². The molecule has 1 N–H and O–H groups in total. The number of hydrogen-bond donors (Lipinski definition) is 1. The molecule has 0 aliphatic carbocycles. The molecule has 0 aliphatic rings. The number of methoxy groups -OCH3 is 1. The first kappa shape index (κ1) is 32.2. The van der Waals surface area contributed by atoms with E-state index in [2.05, 4.69) is 5.32 Å². The zero-order valence-electron chi connectivity index (χ0n) is 23.7. The summed E-state index contributed by atoms with van der Waals surface area (Å²) in [7, 11) is -2.69. The molecule has 0 saturated carbocycles. The number of nitrogens with one attached hydrogen (secondary N) is 1. The SMILES string of the molecule is CCC(C(=O)NC(C)(C)C)N(Cc1cccc(OC)c1)C(=O)CN(c1cccc(Cl)c1)S(=O)(=O)c1ccc(Cl)cc1. The third-order valence-corrected chi connectivity index (χ3v) is 8.42. The summed E-state index contributed by atoms with van der Waals surface area (Å²) in [4.78, 5) is 28.9. The van der Waals surface area contributed by atoms with Crippen LogP contribution in [0.15, 0.2) is 77.7 Å². The Balaban J connectivity index is 2.08. The molecule has 1 unspecified atom stereocenters. The summed E-state index contributed by atoms with van der Waals surface area (Å²) in [6, 6.07) is 18.2. The average Bonchev–Trinajstić information content (AvgIpc) is 2.90. The summed E-state index contributed by atoms with van der Waals surface area (Å²) >= 11 is 12.2. The van der Waals surface area contributed by atoms with E-state index in [0.717, 1.165) is 9.87 Å². The van der Waals surface area contributed by atoms with Gasteiger partial charge in [-0.15, -0.1) is 0 Å². The Bertz CT molecular complexity index is 1470. The van der Waals surface area contributed by atoms with Crippen LogP contribution < -0.4 is 14.4 Å². The molecule has 3 aromatic carbocycles. The van der Waals surface area contributed by atoms with Crippen molar-refractivity contribution in [3.8, 4) is 5.75 Å². The van der Waals surface area contributed by atoms with Crippen LogP contribution in [0.25, 0.3) is 0 Å². The second-order valence-corrected chi connectivity index (χ2v) is 13.2. The molecule has 0 heterocycles. The van der Waals surface area contributed by atoms with Gasteiger partial charge >= 0.3 is 0 Å². The van der Waals surface area contributed by atoms with Crippen molar-refractivity contribution in [3.63, 3.8) is 0 Å². The maximum absolute atomic E-state index is 14.1. The second kappa shape index (κ2) is 13.6. The summed E-state index contributed by atoms with van der Waals surface area (Å²) in [5.41, 5.74) is 0.379. The number of amides is 2. The number of sulfonamides is 1. The number of carbonyl (C=O) groups is 2. The quantitative estimate of drug-likeness (QED) is 0.287. The Morgan fingerprint density at radius 1 is 0.951 bits per heavy atom. The molecule has 3 aromatic rings. The highest BCUT2D eigenvalue weighted by molar-refractivity contribution is 7.92. The first-order valence-corrected chi connectivity index (χ1v) is 15.2. The first-order chi connectivity index (χ1) is 19.2. The predicted octanol–water partition coefficient (Wildman–Crippen LogP) is 5.92. The Hall–Kier alpha value is -3.27. The lowest BCUT2D eigenvalue weighted by atomic mass is 10.1. The number of carbonyl (C=O) groups excluding carboxylic acids is 2. The Morgan fingerprint density at radius 3 is 2.20 bits per heavy atom. The lowest BCUT2D eigenvalue weighted by Crippen LogP contribution is -2.55. The minimum absolute atomic E-state index is 0.0495. The fraction of sp³-hybridized carbons (Fsp3) is 0.333. The minimum atomic E-state index is -4.23. The van der Waals surface area contributed by atoms with Gasteiger partial charge in [-0.1, -0.05) is 48.3 Å². The molecule has 0 spiro atoms. The highest BCUT2D eigenvalue weighted by atomic mass is 35.5. The zero-order chi connectivity index (χ0) is 30.4. The van der Waals surface area contributed by atoms with Crippen LogP contribution in [0, 0.1) is 0 Å². The molecule has 11 heteroatoms. The summed E-state index contributed by atoms with van der Waals surface area (Å²) in [5.74, 6) is -0.319. The van der Waals surface area contributed by atoms with Gasteiger partial charge in [0.15, 0.2) is 0 Å². The van der Waals surface area contributed by atoms with Crippen LogP contribution in [0.4, 0.5) is 5.69 Å². The molecule has 0 fully saturated rings. The zero-order valence-corrected chi connectivity index (χ0v) is 26.1. The Morgan fingerprint density at radius 2 is 1.61 bits per heavy atom. The Labute approximate surface area is 252 Å². The number of nitrogens with zero attached hydrogens (tertiary/aromatic N) is 2. The van der Waals surface area contributed by atoms with Crippen molar-refractivity contribution in [2.75, 3.05) is 18.0 Å². The third kappa shape index (κ3) is 8.61. The van der Waals surface area contributed by atoms with E-state index in [1.807, 2.05) is 26.8 Å². The van der Waals surface area contributed by atoms with Crippen LogP contribution in [0.5, 0.6) is 5.75 Å². The molecule has 0 aromatic heterocycles. The fourth-order valence-corrected chi connectivity index (χ4v) is 5.95. The van der Waals surface area contributed by atoms with Gasteiger partial charge in [0, 0.05) is 22.1 Å². The van der Waals surface area contributed by atoms with Gasteiger partial charge in [0.1, 0.15) is 18.3 Å². The van der Waals surface area contributed by atoms with Crippen molar-refractivity contribution < 1.29 is 22.7 Å². The third-order valence-electron chi connectivity index (χ3n) is 6.15. The van der Waals surface area contributed by atoms with Gasteiger partial charge in [-0.2, -0.15) is 0 Å². The molecule has 0 saturated heterocycles. The maximum Gasteiger partial charge on any atom is 0.264 e. The number of rotatable bonds is 11. The van der Waals surface area contributed by atoms with Crippen LogP contribution in [-0.2, 0) is 26.2 Å². The van der Waals surface area contributed by atoms with Gasteiger partial charge in [0.2, 0.25) is 11.8 Å². The second-order valence-electron chi connectivity index (χ2n) is 10.5. The van der Waals surface area contributed by atoms with Crippen LogP contribution in [-0.4, -0.2) is 50.4 Å². The first-order valence-electron chi connectivity index (χ1n) is 13.0. The van der Waals surface area contributed by atoms with Gasteiger partial charge in [-0.3, -0.25) is 13.9 Å². The fourth-order valence-electron chi connectivity index (χ4n) is 4.23. The molecule has 0 aliphatic heterocycles. The summed E-state index contributed by atoms with van der Waals surface area (Å²) in [6.07, 6.45) is 0.304. The van der Waals surface area contributed by atoms with Gasteiger partial charge in [-0.05, 0) is 87.4 Å². The molecule has 220 valence electrons. The van der Waals surface area contributed by atoms with Crippen LogP contribution >= 0.6 is 23.2 Å². The van der Waals surface area contributed by atoms with Crippen molar-refractivity contribution in [2.45, 2.75) is 57.1 Å². The molecular weight excluding hydrogens is 585 g/mol. The van der Waals surface area contributed by atoms with Crippen molar-refractivity contribution in [1.82, 2.24) is 10.2 Å². The minimum Gasteiger partial charge on any atom is -0.497 e. The largest absolute Gasteiger partial charge is 0.497 e. The lowest BCUT2D eigenvalue weighted by molar-refractivity contribution is -0.141. The molecule has 1 atom stereocenters. The molecule has 2 amide bonds. The predicted molar refractivity (Wildman–Crippen MR) is 163 cm³/mol. The molecular formula is C30H35Cl2N3O5S. The highest BCUT2D eigenvalue weighted by Gasteiger charge is 2.34. The van der Waals surface area contributed by atoms with E-state index in [-0.39, 0.29) is 23.0 Å². The van der Waals surface area contributed by atoms with Crippen molar-refractivity contribution >= 4 is 50.7 Å². The van der Waals surface area contributed by atoms with E-state index >= 15 is 0 Å². The van der Waals surface area contributed by atoms with Crippen LogP contribution in [0.3, 0.4) is 0 Å². The number of hydrogen-bond acceptors (Lipinski definition) is 5. The molecule has 41 heavy (non-hydrogen) atoms. The van der Waals surface area contributed by atoms with E-state index in [4.69, 9.17) is 27.9 Å². The highest BCUT2D eigenvalue weighted by Crippen LogP contribution is 2.28. The topological polar surface area (TPSA) is 96.0 Å². The normalized spacial score (nSPS) is 12.4. The van der Waals surface area contributed by atoms with Gasteiger partial charge in [0.25, 0.3) is 10.0 Å². The summed E-state index contributed by atoms with van der Waals surface area (Å²) < 4.78 is 34.1. The lowest BCUT2D eigenvalue weighted by Gasteiger charge is -2.34. The number of anilines is 1. The van der Waals surface area contributed by atoms with Gasteiger partial charge < -0.3 is 15.0 Å². The Kier molecular flexibility index (Phi) is 10.7. The smallest absolute Gasteiger partial charge is 0.264 e. The maximum atomic E-state index is 14.1. The molecule has 3 rings (SSSR count).